The third-order valence-corrected chi connectivity index (χ3v) is 8.82. The lowest BCUT2D eigenvalue weighted by molar-refractivity contribution is 0.0593. The van der Waals surface area contributed by atoms with Gasteiger partial charge in [0.2, 0.25) is 0 Å². The number of amides is 4. The van der Waals surface area contributed by atoms with Gasteiger partial charge in [-0.1, -0.05) is 38.1 Å². The smallest absolute Gasteiger partial charge is 0.261 e. The van der Waals surface area contributed by atoms with Crippen molar-refractivity contribution in [2.24, 2.45) is 5.92 Å². The molecule has 40 heavy (non-hydrogen) atoms. The molecule has 0 unspecified atom stereocenters. The lowest BCUT2D eigenvalue weighted by atomic mass is 9.82. The van der Waals surface area contributed by atoms with Gasteiger partial charge in [-0.05, 0) is 87.5 Å². The largest absolute Gasteiger partial charge is 0.274 e. The van der Waals surface area contributed by atoms with Crippen LogP contribution in [0.5, 0.6) is 0 Å². The van der Waals surface area contributed by atoms with Crippen LogP contribution in [-0.2, 0) is 0 Å². The van der Waals surface area contributed by atoms with E-state index in [-0.39, 0.29) is 23.6 Å². The standard InChI is InChI=1S/C33H28N2O4S/c1-17(2)5-3-14-34-30(36)22-10-6-18-20-8-12-24-29-25(33(39)35(32(24)38)15-4-16-40)13-9-21(27(20)29)19-7-11-23(31(34)37)28(22)26(18)19/h6-13,17,40H,3-5,14-16H2,1-2H3. The summed E-state index contributed by atoms with van der Waals surface area (Å²) in [5.41, 5.74) is 2.12. The van der Waals surface area contributed by atoms with Crippen molar-refractivity contribution in [1.29, 1.82) is 0 Å². The quantitative estimate of drug-likeness (QED) is 0.106. The van der Waals surface area contributed by atoms with Crippen LogP contribution in [0.1, 0.15) is 74.5 Å². The summed E-state index contributed by atoms with van der Waals surface area (Å²) in [6.07, 6.45) is 2.34. The molecule has 0 saturated carbocycles. The second-order valence-electron chi connectivity index (χ2n) is 11.3. The molecule has 0 fully saturated rings. The van der Waals surface area contributed by atoms with E-state index < -0.39 is 0 Å². The van der Waals surface area contributed by atoms with Crippen molar-refractivity contribution >= 4 is 79.3 Å². The molecule has 0 radical (unpaired) electrons. The molecule has 4 amide bonds. The van der Waals surface area contributed by atoms with Gasteiger partial charge in [0.15, 0.2) is 0 Å². The molecule has 7 rings (SSSR count). The molecule has 0 N–H and O–H groups in total. The first-order valence-electron chi connectivity index (χ1n) is 13.9. The van der Waals surface area contributed by atoms with Crippen molar-refractivity contribution in [2.45, 2.75) is 33.1 Å². The van der Waals surface area contributed by atoms with Gasteiger partial charge in [-0.3, -0.25) is 29.0 Å². The van der Waals surface area contributed by atoms with Crippen LogP contribution >= 0.6 is 12.6 Å². The summed E-state index contributed by atoms with van der Waals surface area (Å²) in [6, 6.07) is 15.0. The fraction of sp³-hybridized carbons (Fsp3) is 0.273. The average Bonchev–Trinajstić information content (AvgIpc) is 2.95. The highest BCUT2D eigenvalue weighted by Gasteiger charge is 2.36. The molecule has 200 valence electrons. The monoisotopic (exact) mass is 548 g/mol. The maximum atomic E-state index is 13.6. The molecule has 2 heterocycles. The molecule has 0 bridgehead atoms. The zero-order chi connectivity index (χ0) is 27.9. The molecule has 5 aromatic rings. The van der Waals surface area contributed by atoms with Crippen LogP contribution in [-0.4, -0.2) is 52.3 Å². The fourth-order valence-corrected chi connectivity index (χ4v) is 6.80. The van der Waals surface area contributed by atoms with E-state index in [0.29, 0.717) is 64.2 Å². The third-order valence-electron chi connectivity index (χ3n) is 8.51. The highest BCUT2D eigenvalue weighted by Crippen LogP contribution is 2.46. The molecule has 6 nitrogen and oxygen atoms in total. The van der Waals surface area contributed by atoms with Gasteiger partial charge in [0.1, 0.15) is 0 Å². The lowest BCUT2D eigenvalue weighted by Gasteiger charge is -2.30. The first-order valence-corrected chi connectivity index (χ1v) is 14.5. The van der Waals surface area contributed by atoms with Crippen LogP contribution in [0.25, 0.3) is 43.1 Å². The predicted molar refractivity (Wildman–Crippen MR) is 161 cm³/mol. The molecule has 5 aromatic carbocycles. The molecular formula is C33H28N2O4S. The van der Waals surface area contributed by atoms with Crippen molar-refractivity contribution < 1.29 is 19.2 Å². The van der Waals surface area contributed by atoms with Crippen LogP contribution in [0.15, 0.2) is 48.5 Å². The average molecular weight is 549 g/mol. The van der Waals surface area contributed by atoms with Crippen LogP contribution in [0.3, 0.4) is 0 Å². The Morgan fingerprint density at radius 2 is 0.900 bits per heavy atom. The number of benzene rings is 5. The predicted octanol–water partition coefficient (Wildman–Crippen LogP) is 6.69. The minimum Gasteiger partial charge on any atom is -0.274 e. The van der Waals surface area contributed by atoms with Gasteiger partial charge in [0.05, 0.1) is 0 Å². The van der Waals surface area contributed by atoms with Gasteiger partial charge in [0, 0.05) is 46.1 Å². The van der Waals surface area contributed by atoms with Crippen molar-refractivity contribution in [2.75, 3.05) is 18.8 Å². The Kier molecular flexibility index (Phi) is 5.65. The number of hydrogen-bond donors (Lipinski definition) is 1. The van der Waals surface area contributed by atoms with E-state index in [1.807, 2.05) is 36.4 Å². The molecule has 0 saturated heterocycles. The summed E-state index contributed by atoms with van der Waals surface area (Å²) in [7, 11) is 0. The van der Waals surface area contributed by atoms with Crippen molar-refractivity contribution in [1.82, 2.24) is 9.80 Å². The van der Waals surface area contributed by atoms with E-state index in [0.717, 1.165) is 45.2 Å². The van der Waals surface area contributed by atoms with E-state index in [9.17, 15) is 19.2 Å². The van der Waals surface area contributed by atoms with E-state index in [1.54, 1.807) is 12.1 Å². The normalized spacial score (nSPS) is 15.3. The second-order valence-corrected chi connectivity index (χ2v) is 11.7. The van der Waals surface area contributed by atoms with E-state index in [2.05, 4.69) is 26.5 Å². The first-order chi connectivity index (χ1) is 19.3. The fourth-order valence-electron chi connectivity index (χ4n) is 6.66. The van der Waals surface area contributed by atoms with E-state index in [1.165, 1.54) is 9.80 Å². The molecule has 0 aromatic heterocycles. The molecular weight excluding hydrogens is 520 g/mol. The number of thiol groups is 1. The van der Waals surface area contributed by atoms with Crippen LogP contribution in [0, 0.1) is 5.92 Å². The number of nitrogens with zero attached hydrogens (tertiary/aromatic N) is 2. The van der Waals surface area contributed by atoms with Gasteiger partial charge >= 0.3 is 0 Å². The Hall–Kier alpha value is -3.97. The molecule has 0 aliphatic carbocycles. The summed E-state index contributed by atoms with van der Waals surface area (Å²) in [5.74, 6) is 0.0139. The van der Waals surface area contributed by atoms with E-state index >= 15 is 0 Å². The SMILES string of the molecule is CC(C)CCCN1C(=O)c2ccc3c4ccc5c6c(ccc(c7ccc(c2c37)C1=O)c64)C(=O)N(CCCS)C5=O. The summed E-state index contributed by atoms with van der Waals surface area (Å²) in [6.45, 7) is 5.00. The highest BCUT2D eigenvalue weighted by atomic mass is 32.1. The molecule has 2 aliphatic heterocycles. The number of fused-ring (bicyclic) bond motifs is 2. The zero-order valence-electron chi connectivity index (χ0n) is 22.4. The highest BCUT2D eigenvalue weighted by molar-refractivity contribution is 7.80. The molecule has 0 atom stereocenters. The number of imide groups is 2. The van der Waals surface area contributed by atoms with Crippen molar-refractivity contribution in [3.8, 4) is 0 Å². The number of carbonyl (C=O) groups excluding carboxylic acids is 4. The first kappa shape index (κ1) is 25.0. The summed E-state index contributed by atoms with van der Waals surface area (Å²) in [4.78, 5) is 56.8. The number of hydrogen-bond acceptors (Lipinski definition) is 5. The molecule has 0 spiro atoms. The zero-order valence-corrected chi connectivity index (χ0v) is 23.3. The topological polar surface area (TPSA) is 74.8 Å². The summed E-state index contributed by atoms with van der Waals surface area (Å²) >= 11 is 4.25. The van der Waals surface area contributed by atoms with Gasteiger partial charge < -0.3 is 0 Å². The van der Waals surface area contributed by atoms with Gasteiger partial charge in [-0.25, -0.2) is 0 Å². The molecule has 2 aliphatic rings. The van der Waals surface area contributed by atoms with Crippen LogP contribution in [0.4, 0.5) is 0 Å². The summed E-state index contributed by atoms with van der Waals surface area (Å²) in [5, 5.41) is 6.70. The minimum absolute atomic E-state index is 0.251. The third kappa shape index (κ3) is 3.30. The Labute approximate surface area is 236 Å². The Morgan fingerprint density at radius 3 is 1.23 bits per heavy atom. The van der Waals surface area contributed by atoms with Crippen molar-refractivity contribution in [3.63, 3.8) is 0 Å². The minimum atomic E-state index is -0.284. The van der Waals surface area contributed by atoms with Crippen LogP contribution in [0.2, 0.25) is 0 Å². The maximum absolute atomic E-state index is 13.6. The lowest BCUT2D eigenvalue weighted by Crippen LogP contribution is -2.41. The number of rotatable bonds is 7. The van der Waals surface area contributed by atoms with Gasteiger partial charge in [0.25, 0.3) is 23.6 Å². The van der Waals surface area contributed by atoms with Crippen LogP contribution < -0.4 is 0 Å². The van der Waals surface area contributed by atoms with Gasteiger partial charge in [-0.15, -0.1) is 0 Å². The van der Waals surface area contributed by atoms with E-state index in [4.69, 9.17) is 0 Å². The number of carbonyl (C=O) groups is 4. The van der Waals surface area contributed by atoms with Crippen molar-refractivity contribution in [3.05, 3.63) is 70.8 Å². The Bertz CT molecular complexity index is 1820. The maximum Gasteiger partial charge on any atom is 0.261 e. The van der Waals surface area contributed by atoms with Gasteiger partial charge in [-0.2, -0.15) is 12.6 Å². The molecule has 7 heteroatoms. The Morgan fingerprint density at radius 1 is 0.550 bits per heavy atom. The Balaban J connectivity index is 1.47. The summed E-state index contributed by atoms with van der Waals surface area (Å²) < 4.78 is 0. The second kappa shape index (κ2) is 9.03.